The molecular weight excluding hydrogens is 693 g/mol. The number of para-hydroxylation sites is 2. The Morgan fingerprint density at radius 3 is 1.16 bits per heavy atom. The summed E-state index contributed by atoms with van der Waals surface area (Å²) in [5, 5.41) is 4.84. The van der Waals surface area contributed by atoms with E-state index in [4.69, 9.17) is 9.97 Å². The van der Waals surface area contributed by atoms with Crippen molar-refractivity contribution in [1.29, 1.82) is 0 Å². The van der Waals surface area contributed by atoms with Crippen molar-refractivity contribution in [2.75, 3.05) is 9.80 Å². The Balaban J connectivity index is 1.06. The van der Waals surface area contributed by atoms with E-state index >= 15 is 0 Å². The van der Waals surface area contributed by atoms with Crippen LogP contribution in [-0.4, -0.2) is 9.97 Å². The van der Waals surface area contributed by atoms with Gasteiger partial charge in [0.1, 0.15) is 0 Å². The minimum absolute atomic E-state index is 0.845. The summed E-state index contributed by atoms with van der Waals surface area (Å²) < 4.78 is 0. The zero-order valence-electron chi connectivity index (χ0n) is 31.5. The van der Waals surface area contributed by atoms with Gasteiger partial charge < -0.3 is 9.80 Å². The van der Waals surface area contributed by atoms with Gasteiger partial charge in [-0.25, -0.2) is 9.97 Å². The lowest BCUT2D eigenvalue weighted by atomic mass is 10.0. The molecule has 10 aromatic rings. The summed E-state index contributed by atoms with van der Waals surface area (Å²) in [6.45, 7) is 2.10. The van der Waals surface area contributed by atoms with Crippen LogP contribution >= 0.6 is 0 Å². The highest BCUT2D eigenvalue weighted by atomic mass is 15.1. The van der Waals surface area contributed by atoms with Crippen LogP contribution in [0.1, 0.15) is 5.56 Å². The number of aryl methyl sites for hydroxylation is 1. The van der Waals surface area contributed by atoms with Gasteiger partial charge in [0, 0.05) is 45.3 Å². The van der Waals surface area contributed by atoms with Crippen molar-refractivity contribution in [1.82, 2.24) is 9.97 Å². The number of hydrogen-bond acceptors (Lipinski definition) is 4. The third kappa shape index (κ3) is 6.64. The quantitative estimate of drug-likeness (QED) is 0.156. The number of aromatic nitrogens is 2. The van der Waals surface area contributed by atoms with Crippen molar-refractivity contribution in [2.24, 2.45) is 0 Å². The van der Waals surface area contributed by atoms with Crippen molar-refractivity contribution in [3.63, 3.8) is 0 Å². The molecule has 0 atom stereocenters. The van der Waals surface area contributed by atoms with Crippen molar-refractivity contribution in [2.45, 2.75) is 6.92 Å². The average molecular weight is 731 g/mol. The molecule has 0 fully saturated rings. The van der Waals surface area contributed by atoms with Gasteiger partial charge in [0.2, 0.25) is 0 Å². The second-order valence-electron chi connectivity index (χ2n) is 14.4. The molecule has 270 valence electrons. The van der Waals surface area contributed by atoms with Gasteiger partial charge in [-0.2, -0.15) is 0 Å². The van der Waals surface area contributed by atoms with Gasteiger partial charge in [0.25, 0.3) is 0 Å². The maximum absolute atomic E-state index is 5.30. The minimum Gasteiger partial charge on any atom is -0.310 e. The van der Waals surface area contributed by atoms with Crippen LogP contribution in [0.2, 0.25) is 0 Å². The first-order valence-corrected chi connectivity index (χ1v) is 19.3. The van der Waals surface area contributed by atoms with E-state index in [-0.39, 0.29) is 0 Å². The Morgan fingerprint density at radius 1 is 0.298 bits per heavy atom. The molecule has 9 aromatic carbocycles. The lowest BCUT2D eigenvalue weighted by Gasteiger charge is -2.26. The number of fused-ring (bicyclic) bond motifs is 3. The molecule has 0 amide bonds. The summed E-state index contributed by atoms with van der Waals surface area (Å²) in [5.41, 5.74) is 13.1. The summed E-state index contributed by atoms with van der Waals surface area (Å²) in [4.78, 5) is 15.2. The predicted molar refractivity (Wildman–Crippen MR) is 240 cm³/mol. The summed E-state index contributed by atoms with van der Waals surface area (Å²) in [7, 11) is 0. The lowest BCUT2D eigenvalue weighted by molar-refractivity contribution is 1.26. The number of benzene rings is 9. The number of anilines is 6. The maximum Gasteiger partial charge on any atom is 0.0973 e. The standard InChI is InChI=1S/C53H38N4/c1-37-20-33-50-51(34-37)55-53(41-25-29-47(30-26-41)57(45-18-6-3-7-19-45)49-32-22-39-13-9-11-15-43(39)36-49)52(54-50)40-23-27-46(28-24-40)56(44-16-4-2-5-17-44)48-31-21-38-12-8-10-14-42(38)35-48/h2-36H,1H3. The Hall–Kier alpha value is -7.56. The van der Waals surface area contributed by atoms with Crippen LogP contribution in [0.25, 0.3) is 55.1 Å². The summed E-state index contributed by atoms with van der Waals surface area (Å²) in [6, 6.07) is 75.1. The van der Waals surface area contributed by atoms with Crippen LogP contribution in [0.15, 0.2) is 212 Å². The average Bonchev–Trinajstić information content (AvgIpc) is 3.27. The molecule has 4 nitrogen and oxygen atoms in total. The summed E-state index contributed by atoms with van der Waals surface area (Å²) in [5.74, 6) is 0. The van der Waals surface area contributed by atoms with Crippen LogP contribution in [0, 0.1) is 6.92 Å². The van der Waals surface area contributed by atoms with E-state index in [9.17, 15) is 0 Å². The van der Waals surface area contributed by atoms with Crippen LogP contribution in [0.3, 0.4) is 0 Å². The molecule has 1 aromatic heterocycles. The van der Waals surface area contributed by atoms with E-state index in [1.54, 1.807) is 0 Å². The normalized spacial score (nSPS) is 11.2. The van der Waals surface area contributed by atoms with Gasteiger partial charge in [-0.05, 0) is 119 Å². The summed E-state index contributed by atoms with van der Waals surface area (Å²) >= 11 is 0. The topological polar surface area (TPSA) is 32.3 Å². The van der Waals surface area contributed by atoms with E-state index in [1.165, 1.54) is 21.5 Å². The van der Waals surface area contributed by atoms with Crippen LogP contribution in [0.4, 0.5) is 34.1 Å². The zero-order valence-corrected chi connectivity index (χ0v) is 31.5. The highest BCUT2D eigenvalue weighted by Crippen LogP contribution is 2.40. The highest BCUT2D eigenvalue weighted by molar-refractivity contribution is 5.92. The van der Waals surface area contributed by atoms with Gasteiger partial charge in [-0.3, -0.25) is 0 Å². The molecule has 10 rings (SSSR count). The fourth-order valence-electron chi connectivity index (χ4n) is 7.78. The number of rotatable bonds is 8. The molecule has 0 radical (unpaired) electrons. The minimum atomic E-state index is 0.845. The fourth-order valence-corrected chi connectivity index (χ4v) is 7.78. The molecule has 4 heteroatoms. The SMILES string of the molecule is Cc1ccc2nc(-c3ccc(N(c4ccccc4)c4ccc5ccccc5c4)cc3)c(-c3ccc(N(c4ccccc4)c4ccc5ccccc5c4)cc3)nc2c1. The molecule has 0 aliphatic rings. The van der Waals surface area contributed by atoms with Gasteiger partial charge >= 0.3 is 0 Å². The lowest BCUT2D eigenvalue weighted by Crippen LogP contribution is -2.10. The fraction of sp³-hybridized carbons (Fsp3) is 0.0189. The van der Waals surface area contributed by atoms with Crippen molar-refractivity contribution in [3.8, 4) is 22.5 Å². The molecule has 0 N–H and O–H groups in total. The predicted octanol–water partition coefficient (Wildman–Crippen LogP) is 14.5. The summed E-state index contributed by atoms with van der Waals surface area (Å²) in [6.07, 6.45) is 0. The Kier molecular flexibility index (Phi) is 8.69. The smallest absolute Gasteiger partial charge is 0.0973 e. The second kappa shape index (κ2) is 14.6. The highest BCUT2D eigenvalue weighted by Gasteiger charge is 2.18. The van der Waals surface area contributed by atoms with Crippen molar-refractivity contribution >= 4 is 66.7 Å². The van der Waals surface area contributed by atoms with Crippen molar-refractivity contribution in [3.05, 3.63) is 218 Å². The molecule has 0 bridgehead atoms. The molecule has 0 aliphatic heterocycles. The Labute approximate surface area is 332 Å². The molecule has 0 saturated carbocycles. The molecule has 0 saturated heterocycles. The molecule has 1 heterocycles. The maximum atomic E-state index is 5.30. The van der Waals surface area contributed by atoms with Crippen LogP contribution < -0.4 is 9.80 Å². The Bertz CT molecular complexity index is 3010. The number of hydrogen-bond donors (Lipinski definition) is 0. The van der Waals surface area contributed by atoms with Crippen LogP contribution in [0.5, 0.6) is 0 Å². The first-order chi connectivity index (χ1) is 28.1. The molecule has 57 heavy (non-hydrogen) atoms. The first kappa shape index (κ1) is 34.0. The van der Waals surface area contributed by atoms with Crippen LogP contribution in [-0.2, 0) is 0 Å². The van der Waals surface area contributed by atoms with Gasteiger partial charge in [0.05, 0.1) is 22.4 Å². The van der Waals surface area contributed by atoms with E-state index < -0.39 is 0 Å². The number of nitrogens with zero attached hydrogens (tertiary/aromatic N) is 4. The zero-order chi connectivity index (χ0) is 38.1. The molecule has 0 unspecified atom stereocenters. The van der Waals surface area contributed by atoms with E-state index in [1.807, 2.05) is 0 Å². The first-order valence-electron chi connectivity index (χ1n) is 19.3. The molecular formula is C53H38N4. The third-order valence-electron chi connectivity index (χ3n) is 10.6. The van der Waals surface area contributed by atoms with E-state index in [2.05, 4.69) is 229 Å². The second-order valence-corrected chi connectivity index (χ2v) is 14.4. The third-order valence-corrected chi connectivity index (χ3v) is 10.6. The molecule has 0 aliphatic carbocycles. The monoisotopic (exact) mass is 730 g/mol. The van der Waals surface area contributed by atoms with Gasteiger partial charge in [0.15, 0.2) is 0 Å². The largest absolute Gasteiger partial charge is 0.310 e. The van der Waals surface area contributed by atoms with Crippen molar-refractivity contribution < 1.29 is 0 Å². The van der Waals surface area contributed by atoms with E-state index in [0.29, 0.717) is 0 Å². The van der Waals surface area contributed by atoms with E-state index in [0.717, 1.165) is 73.2 Å². The molecule has 0 spiro atoms. The van der Waals surface area contributed by atoms with Gasteiger partial charge in [-0.1, -0.05) is 127 Å². The van der Waals surface area contributed by atoms with Gasteiger partial charge in [-0.15, -0.1) is 0 Å². The Morgan fingerprint density at radius 2 is 0.684 bits per heavy atom.